The van der Waals surface area contributed by atoms with Gasteiger partial charge in [-0.1, -0.05) is 12.1 Å². The predicted molar refractivity (Wildman–Crippen MR) is 106 cm³/mol. The molecule has 5 rings (SSSR count). The third-order valence-corrected chi connectivity index (χ3v) is 4.59. The van der Waals surface area contributed by atoms with Crippen LogP contribution < -0.4 is 5.73 Å². The third kappa shape index (κ3) is 2.44. The van der Waals surface area contributed by atoms with Crippen LogP contribution in [0, 0.1) is 11.3 Å². The lowest BCUT2D eigenvalue weighted by Crippen LogP contribution is -2.04. The molecule has 0 aliphatic carbocycles. The van der Waals surface area contributed by atoms with Gasteiger partial charge in [-0.25, -0.2) is 15.0 Å². The Balaban J connectivity index is 1.86. The van der Waals surface area contributed by atoms with E-state index >= 15 is 0 Å². The molecule has 7 heteroatoms. The van der Waals surface area contributed by atoms with Crippen LogP contribution in [-0.2, 0) is 0 Å². The van der Waals surface area contributed by atoms with Gasteiger partial charge in [0.2, 0.25) is 0 Å². The monoisotopic (exact) mass is 363 g/mol. The number of anilines is 1. The maximum absolute atomic E-state index is 9.23. The summed E-state index contributed by atoms with van der Waals surface area (Å²) in [6.45, 7) is 0. The van der Waals surface area contributed by atoms with Crippen molar-refractivity contribution in [3.05, 3.63) is 72.9 Å². The first kappa shape index (κ1) is 15.9. The first-order valence-corrected chi connectivity index (χ1v) is 8.59. The van der Waals surface area contributed by atoms with E-state index in [2.05, 4.69) is 32.1 Å². The summed E-state index contributed by atoms with van der Waals surface area (Å²) in [5, 5.41) is 10.2. The van der Waals surface area contributed by atoms with Crippen molar-refractivity contribution in [1.82, 2.24) is 24.3 Å². The molecule has 0 saturated carbocycles. The summed E-state index contributed by atoms with van der Waals surface area (Å²) in [5.74, 6) is 0.321. The lowest BCUT2D eigenvalue weighted by molar-refractivity contribution is 1.14. The molecule has 0 amide bonds. The van der Waals surface area contributed by atoms with Crippen molar-refractivity contribution < 1.29 is 0 Å². The summed E-state index contributed by atoms with van der Waals surface area (Å²) in [6.07, 6.45) is 6.91. The van der Waals surface area contributed by atoms with Gasteiger partial charge in [-0.15, -0.1) is 0 Å². The van der Waals surface area contributed by atoms with E-state index in [9.17, 15) is 5.26 Å². The van der Waals surface area contributed by atoms with Gasteiger partial charge in [-0.05, 0) is 30.3 Å². The fourth-order valence-corrected chi connectivity index (χ4v) is 3.35. The molecule has 2 N–H and O–H groups in total. The van der Waals surface area contributed by atoms with E-state index in [4.69, 9.17) is 5.73 Å². The lowest BCUT2D eigenvalue weighted by atomic mass is 10.0. The topological polar surface area (TPSA) is 106 Å². The smallest absolute Gasteiger partial charge is 0.180 e. The van der Waals surface area contributed by atoms with Gasteiger partial charge in [0.25, 0.3) is 0 Å². The van der Waals surface area contributed by atoms with E-state index in [1.54, 1.807) is 24.7 Å². The molecule has 132 valence electrons. The van der Waals surface area contributed by atoms with Crippen LogP contribution in [0.25, 0.3) is 39.1 Å². The Morgan fingerprint density at radius 1 is 0.929 bits per heavy atom. The van der Waals surface area contributed by atoms with Gasteiger partial charge < -0.3 is 5.73 Å². The molecule has 1 aromatic carbocycles. The Morgan fingerprint density at radius 3 is 2.75 bits per heavy atom. The predicted octanol–water partition coefficient (Wildman–Crippen LogP) is 3.46. The quantitative estimate of drug-likeness (QED) is 0.515. The third-order valence-electron chi connectivity index (χ3n) is 4.59. The second kappa shape index (κ2) is 6.14. The number of nitriles is 1. The van der Waals surface area contributed by atoms with E-state index in [1.807, 2.05) is 40.9 Å². The highest BCUT2D eigenvalue weighted by molar-refractivity contribution is 5.89. The summed E-state index contributed by atoms with van der Waals surface area (Å²) >= 11 is 0. The summed E-state index contributed by atoms with van der Waals surface area (Å²) in [5.41, 5.74) is 11.2. The van der Waals surface area contributed by atoms with E-state index in [-0.39, 0.29) is 0 Å². The van der Waals surface area contributed by atoms with Crippen molar-refractivity contribution in [2.75, 3.05) is 5.73 Å². The molecule has 0 atom stereocenters. The Morgan fingerprint density at radius 2 is 1.86 bits per heavy atom. The minimum atomic E-state index is 0.317. The fourth-order valence-electron chi connectivity index (χ4n) is 3.35. The van der Waals surface area contributed by atoms with E-state index < -0.39 is 0 Å². The molecule has 0 spiro atoms. The minimum Gasteiger partial charge on any atom is -0.381 e. The summed E-state index contributed by atoms with van der Waals surface area (Å²) in [6, 6.07) is 15.5. The second-order valence-electron chi connectivity index (χ2n) is 6.27. The van der Waals surface area contributed by atoms with Crippen LogP contribution in [0.2, 0.25) is 0 Å². The van der Waals surface area contributed by atoms with E-state index in [0.29, 0.717) is 22.9 Å². The Hall–Kier alpha value is -4.31. The summed E-state index contributed by atoms with van der Waals surface area (Å²) in [7, 11) is 0. The lowest BCUT2D eigenvalue weighted by Gasteiger charge is -2.14. The molecule has 0 unspecified atom stereocenters. The number of benzene rings is 1. The molecule has 0 aliphatic heterocycles. The summed E-state index contributed by atoms with van der Waals surface area (Å²) < 4.78 is 1.92. The zero-order valence-electron chi connectivity index (χ0n) is 14.6. The Bertz CT molecular complexity index is 1400. The molecule has 4 heterocycles. The molecule has 7 nitrogen and oxygen atoms in total. The van der Waals surface area contributed by atoms with E-state index in [0.717, 1.165) is 27.7 Å². The van der Waals surface area contributed by atoms with Crippen LogP contribution in [-0.4, -0.2) is 24.3 Å². The van der Waals surface area contributed by atoms with Crippen molar-refractivity contribution in [2.24, 2.45) is 0 Å². The molecule has 0 bridgehead atoms. The average molecular weight is 363 g/mol. The molecule has 0 fully saturated rings. The van der Waals surface area contributed by atoms with Crippen molar-refractivity contribution in [1.29, 1.82) is 5.26 Å². The zero-order valence-corrected chi connectivity index (χ0v) is 14.6. The standard InChI is InChI=1S/C21H13N7/c22-12-16-11-14(5-7-24-16)18-19(28-9-8-26-21(28)20(23)27-18)15-3-4-17-13(10-15)2-1-6-25-17/h1-11H,(H2,23,27). The number of pyridine rings is 2. The molecule has 4 aromatic heterocycles. The minimum absolute atomic E-state index is 0.317. The van der Waals surface area contributed by atoms with Crippen LogP contribution in [0.4, 0.5) is 5.82 Å². The number of hydrogen-bond donors (Lipinski definition) is 1. The Kier molecular flexibility index (Phi) is 3.49. The van der Waals surface area contributed by atoms with Crippen molar-refractivity contribution in [3.63, 3.8) is 0 Å². The first-order chi connectivity index (χ1) is 13.7. The number of nitrogen functional groups attached to an aromatic ring is 1. The van der Waals surface area contributed by atoms with Crippen LogP contribution >= 0.6 is 0 Å². The summed E-state index contributed by atoms with van der Waals surface area (Å²) in [4.78, 5) is 17.4. The molecule has 5 aromatic rings. The van der Waals surface area contributed by atoms with E-state index in [1.165, 1.54) is 0 Å². The Labute approximate surface area is 159 Å². The number of rotatable bonds is 2. The van der Waals surface area contributed by atoms with Gasteiger partial charge in [0.1, 0.15) is 11.8 Å². The highest BCUT2D eigenvalue weighted by atomic mass is 15.1. The number of hydrogen-bond acceptors (Lipinski definition) is 6. The normalized spacial score (nSPS) is 11.0. The molecular weight excluding hydrogens is 350 g/mol. The maximum Gasteiger partial charge on any atom is 0.180 e. The van der Waals surface area contributed by atoms with Gasteiger partial charge in [0, 0.05) is 41.3 Å². The van der Waals surface area contributed by atoms with Crippen LogP contribution in [0.3, 0.4) is 0 Å². The van der Waals surface area contributed by atoms with Gasteiger partial charge in [-0.3, -0.25) is 9.38 Å². The van der Waals surface area contributed by atoms with Gasteiger partial charge in [0.15, 0.2) is 11.5 Å². The number of nitrogens with zero attached hydrogens (tertiary/aromatic N) is 6. The molecule has 0 radical (unpaired) electrons. The number of aromatic nitrogens is 5. The van der Waals surface area contributed by atoms with Crippen molar-refractivity contribution in [3.8, 4) is 28.6 Å². The van der Waals surface area contributed by atoms with Crippen LogP contribution in [0.1, 0.15) is 5.69 Å². The average Bonchev–Trinajstić information content (AvgIpc) is 3.24. The largest absolute Gasteiger partial charge is 0.381 e. The van der Waals surface area contributed by atoms with Gasteiger partial charge in [0.05, 0.1) is 16.9 Å². The maximum atomic E-state index is 9.23. The van der Waals surface area contributed by atoms with Crippen LogP contribution in [0.15, 0.2) is 67.3 Å². The van der Waals surface area contributed by atoms with Crippen molar-refractivity contribution >= 4 is 22.4 Å². The number of imidazole rings is 1. The number of fused-ring (bicyclic) bond motifs is 2. The molecule has 28 heavy (non-hydrogen) atoms. The van der Waals surface area contributed by atoms with Crippen molar-refractivity contribution in [2.45, 2.75) is 0 Å². The van der Waals surface area contributed by atoms with Gasteiger partial charge in [-0.2, -0.15) is 5.26 Å². The SMILES string of the molecule is N#Cc1cc(-c2nc(N)c3nccn3c2-c2ccc3ncccc3c2)ccn1. The zero-order chi connectivity index (χ0) is 19.1. The van der Waals surface area contributed by atoms with Gasteiger partial charge >= 0.3 is 0 Å². The molecular formula is C21H13N7. The molecule has 0 saturated heterocycles. The molecule has 0 aliphatic rings. The number of nitrogens with two attached hydrogens (primary N) is 1. The highest BCUT2D eigenvalue weighted by Gasteiger charge is 2.17. The highest BCUT2D eigenvalue weighted by Crippen LogP contribution is 2.34. The van der Waals surface area contributed by atoms with Crippen LogP contribution in [0.5, 0.6) is 0 Å². The second-order valence-corrected chi connectivity index (χ2v) is 6.27. The fraction of sp³-hybridized carbons (Fsp3) is 0. The first-order valence-electron chi connectivity index (χ1n) is 8.59.